The SMILES string of the molecule is [2H]C([2H])([2H])N1C[C@H](CCC)C[C@H]1C(=O)OC. The summed E-state index contributed by atoms with van der Waals surface area (Å²) >= 11 is 0. The van der Waals surface area contributed by atoms with Crippen molar-refractivity contribution in [2.24, 2.45) is 5.92 Å². The van der Waals surface area contributed by atoms with Crippen molar-refractivity contribution in [1.29, 1.82) is 0 Å². The van der Waals surface area contributed by atoms with Gasteiger partial charge in [-0.2, -0.15) is 0 Å². The van der Waals surface area contributed by atoms with E-state index in [9.17, 15) is 4.79 Å². The lowest BCUT2D eigenvalue weighted by Gasteiger charge is -2.15. The summed E-state index contributed by atoms with van der Waals surface area (Å²) in [5, 5.41) is 0. The maximum Gasteiger partial charge on any atom is 0.323 e. The summed E-state index contributed by atoms with van der Waals surface area (Å²) in [6, 6.07) is -0.603. The van der Waals surface area contributed by atoms with E-state index < -0.39 is 19.0 Å². The molecule has 0 aromatic rings. The Morgan fingerprint density at radius 3 is 3.08 bits per heavy atom. The lowest BCUT2D eigenvalue weighted by Crippen LogP contribution is -2.33. The third kappa shape index (κ3) is 2.44. The van der Waals surface area contributed by atoms with Crippen molar-refractivity contribution in [1.82, 2.24) is 4.90 Å². The molecule has 0 aliphatic carbocycles. The second kappa shape index (κ2) is 4.61. The highest BCUT2D eigenvalue weighted by Gasteiger charge is 2.34. The molecule has 0 amide bonds. The van der Waals surface area contributed by atoms with Gasteiger partial charge in [-0.05, 0) is 25.7 Å². The van der Waals surface area contributed by atoms with Gasteiger partial charge in [0.2, 0.25) is 0 Å². The first-order valence-electron chi connectivity index (χ1n) is 6.24. The number of nitrogens with zero attached hydrogens (tertiary/aromatic N) is 1. The Morgan fingerprint density at radius 2 is 2.54 bits per heavy atom. The second-order valence-corrected chi connectivity index (χ2v) is 3.58. The lowest BCUT2D eigenvalue weighted by atomic mass is 10.0. The zero-order valence-corrected chi connectivity index (χ0v) is 8.25. The fourth-order valence-electron chi connectivity index (χ4n) is 1.90. The highest BCUT2D eigenvalue weighted by Crippen LogP contribution is 2.25. The van der Waals surface area contributed by atoms with Crippen LogP contribution in [0.1, 0.15) is 30.3 Å². The van der Waals surface area contributed by atoms with Crippen LogP contribution in [0.15, 0.2) is 0 Å². The Balaban J connectivity index is 2.75. The quantitative estimate of drug-likeness (QED) is 0.625. The molecule has 1 heterocycles. The molecule has 0 aromatic heterocycles. The van der Waals surface area contributed by atoms with Gasteiger partial charge in [-0.3, -0.25) is 9.69 Å². The second-order valence-electron chi connectivity index (χ2n) is 3.58. The van der Waals surface area contributed by atoms with Gasteiger partial charge in [0.15, 0.2) is 0 Å². The standard InChI is InChI=1S/C10H19NO2/c1-4-5-8-6-9(10(12)13-3)11(2)7-8/h8-9H,4-7H2,1-3H3/t8-,9+/m1/s1/i2D3. The number of methoxy groups -OCH3 is 1. The van der Waals surface area contributed by atoms with Gasteiger partial charge in [0.25, 0.3) is 0 Å². The van der Waals surface area contributed by atoms with Crippen molar-refractivity contribution >= 4 is 5.97 Å². The van der Waals surface area contributed by atoms with Crippen molar-refractivity contribution in [2.75, 3.05) is 20.6 Å². The Hall–Kier alpha value is -0.570. The maximum atomic E-state index is 11.5. The molecule has 1 aliphatic rings. The molecule has 0 unspecified atom stereocenters. The summed E-state index contributed by atoms with van der Waals surface area (Å²) in [5.41, 5.74) is 0. The fourth-order valence-corrected chi connectivity index (χ4v) is 1.90. The molecule has 0 bridgehead atoms. The highest BCUT2D eigenvalue weighted by atomic mass is 16.5. The molecule has 3 nitrogen and oxygen atoms in total. The van der Waals surface area contributed by atoms with Crippen molar-refractivity contribution in [3.63, 3.8) is 0 Å². The van der Waals surface area contributed by atoms with Gasteiger partial charge in [-0.25, -0.2) is 0 Å². The predicted octanol–water partition coefficient (Wildman–Crippen LogP) is 1.28. The van der Waals surface area contributed by atoms with Crippen LogP contribution in [-0.2, 0) is 9.53 Å². The number of carbonyl (C=O) groups excluding carboxylic acids is 1. The Kier molecular flexibility index (Phi) is 2.42. The van der Waals surface area contributed by atoms with Gasteiger partial charge in [0, 0.05) is 10.7 Å². The molecule has 0 spiro atoms. The van der Waals surface area contributed by atoms with Gasteiger partial charge in [0.1, 0.15) is 6.04 Å². The van der Waals surface area contributed by atoms with E-state index >= 15 is 0 Å². The van der Waals surface area contributed by atoms with Gasteiger partial charge in [-0.15, -0.1) is 0 Å². The number of esters is 1. The van der Waals surface area contributed by atoms with E-state index in [4.69, 9.17) is 4.11 Å². The normalized spacial score (nSPS) is 33.5. The van der Waals surface area contributed by atoms with Gasteiger partial charge in [0.05, 0.1) is 7.11 Å². The molecule has 0 N–H and O–H groups in total. The number of hydrogen-bond donors (Lipinski definition) is 0. The van der Waals surface area contributed by atoms with Crippen LogP contribution < -0.4 is 0 Å². The molecule has 0 radical (unpaired) electrons. The average Bonchev–Trinajstić information content (AvgIpc) is 2.61. The fraction of sp³-hybridized carbons (Fsp3) is 0.900. The Labute approximate surface area is 84.3 Å². The molecule has 1 fully saturated rings. The van der Waals surface area contributed by atoms with Gasteiger partial charge < -0.3 is 4.74 Å². The summed E-state index contributed by atoms with van der Waals surface area (Å²) in [4.78, 5) is 12.8. The van der Waals surface area contributed by atoms with Crippen molar-refractivity contribution < 1.29 is 13.6 Å². The minimum atomic E-state index is -2.21. The maximum absolute atomic E-state index is 11.5. The Morgan fingerprint density at radius 1 is 1.77 bits per heavy atom. The lowest BCUT2D eigenvalue weighted by molar-refractivity contribution is -0.145. The van der Waals surface area contributed by atoms with Crippen molar-refractivity contribution in [3.05, 3.63) is 0 Å². The van der Waals surface area contributed by atoms with E-state index in [-0.39, 0.29) is 5.92 Å². The molecule has 76 valence electrons. The van der Waals surface area contributed by atoms with Crippen LogP contribution in [0.5, 0.6) is 0 Å². The summed E-state index contributed by atoms with van der Waals surface area (Å²) in [6.07, 6.45) is 2.56. The third-order valence-corrected chi connectivity index (χ3v) is 2.56. The third-order valence-electron chi connectivity index (χ3n) is 2.56. The van der Waals surface area contributed by atoms with Crippen LogP contribution in [0, 0.1) is 5.92 Å². The van der Waals surface area contributed by atoms with E-state index in [1.807, 2.05) is 0 Å². The molecule has 3 heteroatoms. The summed E-state index contributed by atoms with van der Waals surface area (Å²) in [6.45, 7) is 0.316. The van der Waals surface area contributed by atoms with Gasteiger partial charge in [-0.1, -0.05) is 13.3 Å². The zero-order valence-electron chi connectivity index (χ0n) is 11.2. The van der Waals surface area contributed by atoms with Crippen LogP contribution in [0.2, 0.25) is 0 Å². The molecule has 1 aliphatic heterocycles. The van der Waals surface area contributed by atoms with E-state index in [0.29, 0.717) is 13.0 Å². The molecule has 2 atom stereocenters. The van der Waals surface area contributed by atoms with E-state index in [1.165, 1.54) is 12.0 Å². The zero-order chi connectivity index (χ0) is 12.3. The van der Waals surface area contributed by atoms with E-state index in [1.54, 1.807) is 0 Å². The average molecular weight is 188 g/mol. The number of carbonyl (C=O) groups is 1. The van der Waals surface area contributed by atoms with E-state index in [2.05, 4.69) is 11.7 Å². The predicted molar refractivity (Wildman–Crippen MR) is 51.4 cm³/mol. The van der Waals surface area contributed by atoms with E-state index in [0.717, 1.165) is 12.8 Å². The molecule has 0 aromatic carbocycles. The van der Waals surface area contributed by atoms with Crippen LogP contribution in [0.25, 0.3) is 0 Å². The molecule has 1 rings (SSSR count). The Bertz CT molecular complexity index is 255. The first-order valence-corrected chi connectivity index (χ1v) is 4.74. The summed E-state index contributed by atoms with van der Waals surface area (Å²) in [5.74, 6) is -0.149. The van der Waals surface area contributed by atoms with Gasteiger partial charge >= 0.3 is 5.97 Å². The number of likely N-dealkylation sites (tertiary alicyclic amines) is 1. The molecule has 13 heavy (non-hydrogen) atoms. The molecular formula is C10H19NO2. The van der Waals surface area contributed by atoms with Crippen molar-refractivity contribution in [2.45, 2.75) is 32.2 Å². The van der Waals surface area contributed by atoms with Crippen molar-refractivity contribution in [3.8, 4) is 0 Å². The minimum Gasteiger partial charge on any atom is -0.468 e. The first kappa shape index (κ1) is 6.82. The number of ether oxygens (including phenoxy) is 1. The van der Waals surface area contributed by atoms with Crippen LogP contribution in [0.4, 0.5) is 0 Å². The van der Waals surface area contributed by atoms with Crippen LogP contribution in [0.3, 0.4) is 0 Å². The minimum absolute atomic E-state index is 0.287. The molecule has 0 saturated carbocycles. The summed E-state index contributed by atoms with van der Waals surface area (Å²) < 4.78 is 26.9. The van der Waals surface area contributed by atoms with Crippen LogP contribution in [-0.4, -0.2) is 37.5 Å². The number of rotatable bonds is 3. The monoisotopic (exact) mass is 188 g/mol. The largest absolute Gasteiger partial charge is 0.468 e. The number of likely N-dealkylation sites (N-methyl/N-ethyl adjacent to an activating group) is 1. The molecule has 1 saturated heterocycles. The number of hydrogen-bond acceptors (Lipinski definition) is 3. The topological polar surface area (TPSA) is 29.5 Å². The first-order chi connectivity index (χ1) is 7.40. The van der Waals surface area contributed by atoms with Crippen LogP contribution >= 0.6 is 0 Å². The molecular weight excluding hydrogens is 166 g/mol. The smallest absolute Gasteiger partial charge is 0.323 e. The highest BCUT2D eigenvalue weighted by molar-refractivity contribution is 5.76. The summed E-state index contributed by atoms with van der Waals surface area (Å²) in [7, 11) is 1.30.